The number of hydrogen-bond acceptors (Lipinski definition) is 3. The summed E-state index contributed by atoms with van der Waals surface area (Å²) < 4.78 is 0. The van der Waals surface area contributed by atoms with Gasteiger partial charge in [0.05, 0.1) is 12.5 Å². The summed E-state index contributed by atoms with van der Waals surface area (Å²) in [6, 6.07) is 14.6. The molecule has 0 aliphatic carbocycles. The predicted octanol–water partition coefficient (Wildman–Crippen LogP) is 3.39. The first-order valence-corrected chi connectivity index (χ1v) is 10.5. The van der Waals surface area contributed by atoms with E-state index in [-0.39, 0.29) is 17.9 Å². The minimum atomic E-state index is -0.247. The van der Waals surface area contributed by atoms with Gasteiger partial charge in [0.2, 0.25) is 11.8 Å². The molecule has 1 unspecified atom stereocenters. The number of hydrogen-bond donors (Lipinski definition) is 1. The summed E-state index contributed by atoms with van der Waals surface area (Å²) in [5.41, 5.74) is 1.85. The van der Waals surface area contributed by atoms with E-state index in [9.17, 15) is 9.59 Å². The number of carbonyl (C=O) groups excluding carboxylic acids is 2. The summed E-state index contributed by atoms with van der Waals surface area (Å²) in [5, 5.41) is 4.26. The second-order valence-corrected chi connectivity index (χ2v) is 8.05. The van der Waals surface area contributed by atoms with Gasteiger partial charge in [0, 0.05) is 42.8 Å². The maximum absolute atomic E-state index is 12.6. The standard InChI is InChI=1S/C22H25Cl2N3O2/c1-16(22(29)25-15-17-6-8-19(23)9-7-17)26-10-12-27(13-11-26)21(28)14-18-4-2-3-5-20(18)24/h2-9,16H,10-15H2,1H3,(H,25,29). The SMILES string of the molecule is CC(C(=O)NCc1ccc(Cl)cc1)N1CCN(C(=O)Cc2ccccc2Cl)CC1. The second kappa shape index (κ2) is 10.1. The highest BCUT2D eigenvalue weighted by Gasteiger charge is 2.27. The number of nitrogens with zero attached hydrogens (tertiary/aromatic N) is 2. The van der Waals surface area contributed by atoms with Crippen LogP contribution in [0, 0.1) is 0 Å². The van der Waals surface area contributed by atoms with Crippen LogP contribution < -0.4 is 5.32 Å². The molecule has 29 heavy (non-hydrogen) atoms. The van der Waals surface area contributed by atoms with E-state index in [1.807, 2.05) is 54.3 Å². The monoisotopic (exact) mass is 433 g/mol. The molecule has 7 heteroatoms. The van der Waals surface area contributed by atoms with E-state index in [4.69, 9.17) is 23.2 Å². The Balaban J connectivity index is 1.45. The molecule has 0 bridgehead atoms. The molecule has 3 rings (SSSR count). The Hall–Kier alpha value is -2.08. The smallest absolute Gasteiger partial charge is 0.237 e. The molecular formula is C22H25Cl2N3O2. The first kappa shape index (κ1) is 21.6. The van der Waals surface area contributed by atoms with Crippen molar-refractivity contribution >= 4 is 35.0 Å². The Morgan fingerprint density at radius 2 is 1.66 bits per heavy atom. The van der Waals surface area contributed by atoms with Gasteiger partial charge in [-0.2, -0.15) is 0 Å². The highest BCUT2D eigenvalue weighted by Crippen LogP contribution is 2.17. The Kier molecular flexibility index (Phi) is 7.53. The normalized spacial score (nSPS) is 15.8. The summed E-state index contributed by atoms with van der Waals surface area (Å²) in [4.78, 5) is 29.0. The van der Waals surface area contributed by atoms with Crippen molar-refractivity contribution in [1.82, 2.24) is 15.1 Å². The molecule has 0 radical (unpaired) electrons. The predicted molar refractivity (Wildman–Crippen MR) is 116 cm³/mol. The molecule has 0 saturated carbocycles. The summed E-state index contributed by atoms with van der Waals surface area (Å²) in [6.45, 7) is 4.93. The molecule has 1 aliphatic heterocycles. The highest BCUT2D eigenvalue weighted by atomic mass is 35.5. The van der Waals surface area contributed by atoms with Crippen molar-refractivity contribution in [3.63, 3.8) is 0 Å². The molecule has 2 amide bonds. The third-order valence-corrected chi connectivity index (χ3v) is 5.89. The van der Waals surface area contributed by atoms with Crippen LogP contribution >= 0.6 is 23.2 Å². The van der Waals surface area contributed by atoms with Gasteiger partial charge in [-0.15, -0.1) is 0 Å². The summed E-state index contributed by atoms with van der Waals surface area (Å²) in [7, 11) is 0. The fourth-order valence-corrected chi connectivity index (χ4v) is 3.71. The van der Waals surface area contributed by atoms with Gasteiger partial charge in [-0.05, 0) is 36.2 Å². The van der Waals surface area contributed by atoms with Crippen molar-refractivity contribution in [1.29, 1.82) is 0 Å². The number of benzene rings is 2. The van der Waals surface area contributed by atoms with Crippen molar-refractivity contribution in [3.05, 3.63) is 69.7 Å². The summed E-state index contributed by atoms with van der Waals surface area (Å²) in [5.74, 6) is 0.0494. The lowest BCUT2D eigenvalue weighted by Crippen LogP contribution is -2.55. The topological polar surface area (TPSA) is 52.7 Å². The molecule has 1 N–H and O–H groups in total. The maximum Gasteiger partial charge on any atom is 0.237 e. The molecule has 1 fully saturated rings. The third-order valence-electron chi connectivity index (χ3n) is 5.27. The van der Waals surface area contributed by atoms with Crippen molar-refractivity contribution < 1.29 is 9.59 Å². The average molecular weight is 434 g/mol. The van der Waals surface area contributed by atoms with Crippen LogP contribution in [-0.2, 0) is 22.6 Å². The highest BCUT2D eigenvalue weighted by molar-refractivity contribution is 6.31. The largest absolute Gasteiger partial charge is 0.351 e. The second-order valence-electron chi connectivity index (χ2n) is 7.21. The van der Waals surface area contributed by atoms with E-state index >= 15 is 0 Å². The van der Waals surface area contributed by atoms with Crippen LogP contribution in [0.4, 0.5) is 0 Å². The van der Waals surface area contributed by atoms with Crippen LogP contribution in [0.15, 0.2) is 48.5 Å². The lowest BCUT2D eigenvalue weighted by molar-refractivity contribution is -0.133. The lowest BCUT2D eigenvalue weighted by atomic mass is 10.1. The quantitative estimate of drug-likeness (QED) is 0.759. The van der Waals surface area contributed by atoms with Gasteiger partial charge in [0.25, 0.3) is 0 Å². The molecule has 154 valence electrons. The van der Waals surface area contributed by atoms with Crippen LogP contribution in [-0.4, -0.2) is 53.8 Å². The number of halogens is 2. The molecule has 1 atom stereocenters. The van der Waals surface area contributed by atoms with Crippen LogP contribution in [0.1, 0.15) is 18.1 Å². The van der Waals surface area contributed by atoms with Crippen molar-refractivity contribution in [3.8, 4) is 0 Å². The van der Waals surface area contributed by atoms with E-state index in [2.05, 4.69) is 10.2 Å². The Morgan fingerprint density at radius 3 is 2.31 bits per heavy atom. The first-order valence-electron chi connectivity index (χ1n) is 9.71. The van der Waals surface area contributed by atoms with E-state index < -0.39 is 0 Å². The van der Waals surface area contributed by atoms with Gasteiger partial charge in [-0.25, -0.2) is 0 Å². The van der Waals surface area contributed by atoms with E-state index in [0.717, 1.165) is 11.1 Å². The summed E-state index contributed by atoms with van der Waals surface area (Å²) >= 11 is 12.0. The van der Waals surface area contributed by atoms with Crippen LogP contribution in [0.3, 0.4) is 0 Å². The first-order chi connectivity index (χ1) is 13.9. The maximum atomic E-state index is 12.6. The van der Waals surface area contributed by atoms with E-state index in [1.54, 1.807) is 6.07 Å². The molecule has 2 aromatic carbocycles. The average Bonchev–Trinajstić information content (AvgIpc) is 2.74. The number of nitrogens with one attached hydrogen (secondary N) is 1. The molecule has 0 aromatic heterocycles. The fourth-order valence-electron chi connectivity index (χ4n) is 3.38. The Bertz CT molecular complexity index is 849. The number of rotatable bonds is 6. The third kappa shape index (κ3) is 5.95. The zero-order chi connectivity index (χ0) is 20.8. The molecule has 1 aliphatic rings. The van der Waals surface area contributed by atoms with Crippen molar-refractivity contribution in [2.75, 3.05) is 26.2 Å². The van der Waals surface area contributed by atoms with Crippen LogP contribution in [0.25, 0.3) is 0 Å². The zero-order valence-corrected chi connectivity index (χ0v) is 17.9. The van der Waals surface area contributed by atoms with Gasteiger partial charge < -0.3 is 10.2 Å². The van der Waals surface area contributed by atoms with Crippen LogP contribution in [0.5, 0.6) is 0 Å². The number of carbonyl (C=O) groups is 2. The van der Waals surface area contributed by atoms with E-state index in [0.29, 0.717) is 49.2 Å². The molecular weight excluding hydrogens is 409 g/mol. The molecule has 0 spiro atoms. The van der Waals surface area contributed by atoms with Crippen molar-refractivity contribution in [2.45, 2.75) is 25.9 Å². The molecule has 1 saturated heterocycles. The van der Waals surface area contributed by atoms with Gasteiger partial charge in [-0.3, -0.25) is 14.5 Å². The molecule has 1 heterocycles. The van der Waals surface area contributed by atoms with Crippen LogP contribution in [0.2, 0.25) is 10.0 Å². The van der Waals surface area contributed by atoms with Gasteiger partial charge in [0.1, 0.15) is 0 Å². The number of amides is 2. The lowest BCUT2D eigenvalue weighted by Gasteiger charge is -2.37. The Labute approximate surface area is 181 Å². The zero-order valence-electron chi connectivity index (χ0n) is 16.4. The molecule has 5 nitrogen and oxygen atoms in total. The summed E-state index contributed by atoms with van der Waals surface area (Å²) in [6.07, 6.45) is 0.302. The fraction of sp³-hybridized carbons (Fsp3) is 0.364. The molecule has 2 aromatic rings. The van der Waals surface area contributed by atoms with Gasteiger partial charge >= 0.3 is 0 Å². The van der Waals surface area contributed by atoms with Crippen molar-refractivity contribution in [2.24, 2.45) is 0 Å². The van der Waals surface area contributed by atoms with E-state index in [1.165, 1.54) is 0 Å². The Morgan fingerprint density at radius 1 is 1.00 bits per heavy atom. The minimum Gasteiger partial charge on any atom is -0.351 e. The minimum absolute atomic E-state index is 0.0178. The van der Waals surface area contributed by atoms with Gasteiger partial charge in [0.15, 0.2) is 0 Å². The number of piperazine rings is 1. The van der Waals surface area contributed by atoms with Gasteiger partial charge in [-0.1, -0.05) is 53.5 Å².